The van der Waals surface area contributed by atoms with Crippen molar-refractivity contribution in [3.63, 3.8) is 0 Å². The summed E-state index contributed by atoms with van der Waals surface area (Å²) in [7, 11) is 0. The minimum Gasteiger partial charge on any atom is -0.337 e. The number of nitrogens with zero attached hydrogens (tertiary/aromatic N) is 3. The Hall–Kier alpha value is -1.55. The van der Waals surface area contributed by atoms with Gasteiger partial charge in [-0.05, 0) is 25.7 Å². The fourth-order valence-corrected chi connectivity index (χ4v) is 2.92. The molecule has 1 fully saturated rings. The van der Waals surface area contributed by atoms with Crippen molar-refractivity contribution >= 4 is 17.7 Å². The number of carbonyl (C=O) groups excluding carboxylic acids is 1. The first-order valence-corrected chi connectivity index (χ1v) is 8.11. The first kappa shape index (κ1) is 15.8. The lowest BCUT2D eigenvalue weighted by atomic mass is 9.96. The van der Waals surface area contributed by atoms with E-state index in [0.29, 0.717) is 5.16 Å². The maximum Gasteiger partial charge on any atom is 0.231 e. The Morgan fingerprint density at radius 3 is 2.67 bits per heavy atom. The largest absolute Gasteiger partial charge is 0.337 e. The Labute approximate surface area is 129 Å². The van der Waals surface area contributed by atoms with Crippen LogP contribution < -0.4 is 5.32 Å². The number of nitriles is 1. The highest BCUT2D eigenvalue weighted by Crippen LogP contribution is 2.29. The summed E-state index contributed by atoms with van der Waals surface area (Å²) in [5.74, 6) is 0.894. The Morgan fingerprint density at radius 1 is 1.48 bits per heavy atom. The van der Waals surface area contributed by atoms with E-state index >= 15 is 0 Å². The number of hydrogen-bond donors (Lipinski definition) is 2. The lowest BCUT2D eigenvalue weighted by Crippen LogP contribution is -2.45. The van der Waals surface area contributed by atoms with Crippen molar-refractivity contribution in [2.75, 3.05) is 5.75 Å². The second-order valence-electron chi connectivity index (χ2n) is 6.45. The van der Waals surface area contributed by atoms with Crippen LogP contribution in [0.1, 0.15) is 52.3 Å². The zero-order valence-corrected chi connectivity index (χ0v) is 13.5. The summed E-state index contributed by atoms with van der Waals surface area (Å²) in [6.45, 7) is 6.14. The number of carbonyl (C=O) groups is 1. The predicted octanol–water partition coefficient (Wildman–Crippen LogP) is 2.15. The third kappa shape index (κ3) is 3.97. The van der Waals surface area contributed by atoms with Gasteiger partial charge in [0.05, 0.1) is 11.8 Å². The van der Waals surface area contributed by atoms with Gasteiger partial charge in [0.2, 0.25) is 11.1 Å². The molecule has 0 saturated heterocycles. The van der Waals surface area contributed by atoms with Gasteiger partial charge in [-0.2, -0.15) is 5.26 Å². The minimum absolute atomic E-state index is 0.0945. The summed E-state index contributed by atoms with van der Waals surface area (Å²) in [6, 6.07) is 2.25. The van der Waals surface area contributed by atoms with Crippen LogP contribution in [0.2, 0.25) is 0 Å². The van der Waals surface area contributed by atoms with Gasteiger partial charge in [0, 0.05) is 5.41 Å². The van der Waals surface area contributed by atoms with Gasteiger partial charge in [0.25, 0.3) is 0 Å². The van der Waals surface area contributed by atoms with Crippen LogP contribution in [0.25, 0.3) is 0 Å². The van der Waals surface area contributed by atoms with E-state index in [4.69, 9.17) is 0 Å². The van der Waals surface area contributed by atoms with Crippen molar-refractivity contribution in [2.45, 2.75) is 62.6 Å². The number of thioether (sulfide) groups is 1. The van der Waals surface area contributed by atoms with E-state index in [9.17, 15) is 10.1 Å². The van der Waals surface area contributed by atoms with Crippen LogP contribution >= 0.6 is 11.8 Å². The number of aromatic nitrogens is 3. The monoisotopic (exact) mass is 307 g/mol. The molecule has 1 aromatic rings. The van der Waals surface area contributed by atoms with E-state index in [1.54, 1.807) is 0 Å². The van der Waals surface area contributed by atoms with Gasteiger partial charge in [-0.15, -0.1) is 5.10 Å². The zero-order valence-electron chi connectivity index (χ0n) is 12.7. The van der Waals surface area contributed by atoms with Gasteiger partial charge in [-0.1, -0.05) is 32.5 Å². The molecule has 1 amide bonds. The van der Waals surface area contributed by atoms with Crippen LogP contribution in [0, 0.1) is 11.3 Å². The highest BCUT2D eigenvalue weighted by molar-refractivity contribution is 7.99. The summed E-state index contributed by atoms with van der Waals surface area (Å²) in [5.41, 5.74) is -0.754. The second kappa shape index (κ2) is 6.06. The normalized spacial score (nSPS) is 17.4. The highest BCUT2D eigenvalue weighted by Gasteiger charge is 2.35. The fourth-order valence-electron chi connectivity index (χ4n) is 2.32. The quantitative estimate of drug-likeness (QED) is 0.831. The third-order valence-electron chi connectivity index (χ3n) is 3.56. The van der Waals surface area contributed by atoms with Crippen LogP contribution in [-0.4, -0.2) is 32.4 Å². The van der Waals surface area contributed by atoms with Crippen molar-refractivity contribution in [3.05, 3.63) is 5.82 Å². The summed E-state index contributed by atoms with van der Waals surface area (Å²) >= 11 is 1.28. The Balaban J connectivity index is 1.87. The molecule has 0 radical (unpaired) electrons. The molecular weight excluding hydrogens is 286 g/mol. The Morgan fingerprint density at radius 2 is 2.14 bits per heavy atom. The number of nitrogens with one attached hydrogen (secondary N) is 2. The maximum absolute atomic E-state index is 12.0. The molecule has 2 rings (SSSR count). The molecule has 6 nitrogen and oxygen atoms in total. The summed E-state index contributed by atoms with van der Waals surface area (Å²) in [4.78, 5) is 16.4. The van der Waals surface area contributed by atoms with Crippen LogP contribution in [0.3, 0.4) is 0 Å². The van der Waals surface area contributed by atoms with Gasteiger partial charge < -0.3 is 5.32 Å². The van der Waals surface area contributed by atoms with Crippen LogP contribution in [-0.2, 0) is 10.2 Å². The number of aromatic amines is 1. The average Bonchev–Trinajstić information content (AvgIpc) is 3.05. The van der Waals surface area contributed by atoms with Crippen molar-refractivity contribution in [1.82, 2.24) is 20.5 Å². The molecule has 114 valence electrons. The Kier molecular flexibility index (Phi) is 4.57. The molecule has 1 saturated carbocycles. The van der Waals surface area contributed by atoms with E-state index < -0.39 is 5.54 Å². The molecule has 0 unspecified atom stereocenters. The molecule has 0 aromatic carbocycles. The minimum atomic E-state index is -0.660. The van der Waals surface area contributed by atoms with Gasteiger partial charge in [0.15, 0.2) is 0 Å². The highest BCUT2D eigenvalue weighted by atomic mass is 32.2. The lowest BCUT2D eigenvalue weighted by Gasteiger charge is -2.21. The molecular formula is C14H21N5OS. The maximum atomic E-state index is 12.0. The zero-order chi connectivity index (χ0) is 15.5. The van der Waals surface area contributed by atoms with Gasteiger partial charge >= 0.3 is 0 Å². The van der Waals surface area contributed by atoms with Gasteiger partial charge in [0.1, 0.15) is 11.4 Å². The summed E-state index contributed by atoms with van der Waals surface area (Å²) in [6.07, 6.45) is 3.48. The van der Waals surface area contributed by atoms with Gasteiger partial charge in [-0.25, -0.2) is 4.98 Å². The van der Waals surface area contributed by atoms with E-state index in [1.807, 2.05) is 20.8 Å². The van der Waals surface area contributed by atoms with E-state index in [-0.39, 0.29) is 17.1 Å². The number of H-pyrrole nitrogens is 1. The van der Waals surface area contributed by atoms with Crippen LogP contribution in [0.5, 0.6) is 0 Å². The average molecular weight is 307 g/mol. The van der Waals surface area contributed by atoms with Crippen LogP contribution in [0.4, 0.5) is 0 Å². The van der Waals surface area contributed by atoms with Crippen LogP contribution in [0.15, 0.2) is 5.16 Å². The lowest BCUT2D eigenvalue weighted by molar-refractivity contribution is -0.119. The van der Waals surface area contributed by atoms with Crippen molar-refractivity contribution in [2.24, 2.45) is 0 Å². The van der Waals surface area contributed by atoms with Crippen molar-refractivity contribution in [1.29, 1.82) is 5.26 Å². The molecule has 1 aromatic heterocycles. The standard InChI is InChI=1S/C14H21N5OS/c1-13(2,3)11-16-12(19-18-11)21-8-10(20)17-14(9-15)6-4-5-7-14/h4-8H2,1-3H3,(H,17,20)(H,16,18,19). The topological polar surface area (TPSA) is 94.5 Å². The van der Waals surface area contributed by atoms with Crippen molar-refractivity contribution < 1.29 is 4.79 Å². The molecule has 1 heterocycles. The van der Waals surface area contributed by atoms with E-state index in [2.05, 4.69) is 26.6 Å². The summed E-state index contributed by atoms with van der Waals surface area (Å²) in [5, 5.41) is 19.7. The SMILES string of the molecule is CC(C)(C)c1nc(SCC(=O)NC2(C#N)CCCC2)n[nH]1. The van der Waals surface area contributed by atoms with E-state index in [0.717, 1.165) is 31.5 Å². The number of hydrogen-bond acceptors (Lipinski definition) is 5. The number of amides is 1. The Bertz CT molecular complexity index is 548. The smallest absolute Gasteiger partial charge is 0.231 e. The first-order valence-electron chi connectivity index (χ1n) is 7.13. The molecule has 0 spiro atoms. The molecule has 0 atom stereocenters. The van der Waals surface area contributed by atoms with E-state index in [1.165, 1.54) is 11.8 Å². The predicted molar refractivity (Wildman–Crippen MR) is 80.8 cm³/mol. The molecule has 0 aliphatic heterocycles. The van der Waals surface area contributed by atoms with Gasteiger partial charge in [-0.3, -0.25) is 9.89 Å². The molecule has 2 N–H and O–H groups in total. The number of rotatable bonds is 4. The third-order valence-corrected chi connectivity index (χ3v) is 4.40. The second-order valence-corrected chi connectivity index (χ2v) is 7.40. The first-order chi connectivity index (χ1) is 9.85. The molecule has 1 aliphatic rings. The fraction of sp³-hybridized carbons (Fsp3) is 0.714. The molecule has 21 heavy (non-hydrogen) atoms. The molecule has 1 aliphatic carbocycles. The van der Waals surface area contributed by atoms with Crippen molar-refractivity contribution in [3.8, 4) is 6.07 Å². The summed E-state index contributed by atoms with van der Waals surface area (Å²) < 4.78 is 0. The molecule has 7 heteroatoms. The molecule has 0 bridgehead atoms.